The molecule has 3 rings (SSSR count). The zero-order valence-corrected chi connectivity index (χ0v) is 17.3. The molecule has 150 valence electrons. The van der Waals surface area contributed by atoms with Crippen molar-refractivity contribution in [3.8, 4) is 11.9 Å². The minimum absolute atomic E-state index is 0.0308. The van der Waals surface area contributed by atoms with Crippen LogP contribution in [0.4, 0.5) is 0 Å². The second kappa shape index (κ2) is 9.01. The Labute approximate surface area is 171 Å². The molecule has 0 aliphatic rings. The number of para-hydroxylation sites is 2. The van der Waals surface area contributed by atoms with Crippen molar-refractivity contribution >= 4 is 20.9 Å². The number of aryl methyl sites for hydroxylation is 1. The van der Waals surface area contributed by atoms with E-state index in [4.69, 9.17) is 4.74 Å². The summed E-state index contributed by atoms with van der Waals surface area (Å²) < 4.78 is 32.2. The van der Waals surface area contributed by atoms with Gasteiger partial charge in [-0.1, -0.05) is 49.6 Å². The molecule has 0 fully saturated rings. The lowest BCUT2D eigenvalue weighted by Gasteiger charge is -2.15. The molecule has 1 atom stereocenters. The standard InChI is InChI=1S/C22H23N3O3S/c1-3-4-7-14-28-22-21(24-18-8-5-6-9-19(18)25-22)20(15-23)29(26,27)17-12-10-16(2)11-13-17/h5-6,8-13,20H,3-4,7,14H2,1-2H3/t20-/m0/s1. The number of nitrogens with zero attached hydrogens (tertiary/aromatic N) is 3. The van der Waals surface area contributed by atoms with Gasteiger partial charge in [0.1, 0.15) is 5.69 Å². The van der Waals surface area contributed by atoms with Gasteiger partial charge in [-0.3, -0.25) is 0 Å². The summed E-state index contributed by atoms with van der Waals surface area (Å²) in [5, 5.41) is 8.27. The maximum Gasteiger partial charge on any atom is 0.238 e. The summed E-state index contributed by atoms with van der Waals surface area (Å²) in [6.07, 6.45) is 2.83. The number of unbranched alkanes of at least 4 members (excludes halogenated alkanes) is 2. The van der Waals surface area contributed by atoms with Gasteiger partial charge in [-0.05, 0) is 37.6 Å². The van der Waals surface area contributed by atoms with Crippen LogP contribution in [0.3, 0.4) is 0 Å². The number of benzene rings is 2. The second-order valence-electron chi connectivity index (χ2n) is 6.83. The molecular weight excluding hydrogens is 386 g/mol. The minimum Gasteiger partial charge on any atom is -0.476 e. The first-order valence-electron chi connectivity index (χ1n) is 9.57. The van der Waals surface area contributed by atoms with Crippen molar-refractivity contribution in [2.45, 2.75) is 43.3 Å². The van der Waals surface area contributed by atoms with Crippen LogP contribution in [0.25, 0.3) is 11.0 Å². The van der Waals surface area contributed by atoms with Gasteiger partial charge >= 0.3 is 0 Å². The zero-order valence-electron chi connectivity index (χ0n) is 16.5. The third-order valence-corrected chi connectivity index (χ3v) is 6.45. The first-order chi connectivity index (χ1) is 14.0. The van der Waals surface area contributed by atoms with Crippen molar-refractivity contribution in [3.05, 3.63) is 59.8 Å². The van der Waals surface area contributed by atoms with Crippen LogP contribution in [0.1, 0.15) is 42.7 Å². The van der Waals surface area contributed by atoms with E-state index in [1.807, 2.05) is 19.1 Å². The van der Waals surface area contributed by atoms with Crippen molar-refractivity contribution in [1.29, 1.82) is 5.26 Å². The highest BCUT2D eigenvalue weighted by atomic mass is 32.2. The van der Waals surface area contributed by atoms with E-state index in [1.165, 1.54) is 12.1 Å². The van der Waals surface area contributed by atoms with E-state index in [0.29, 0.717) is 17.6 Å². The van der Waals surface area contributed by atoms with Gasteiger partial charge in [0.15, 0.2) is 5.25 Å². The van der Waals surface area contributed by atoms with Crippen LogP contribution in [-0.4, -0.2) is 25.0 Å². The summed E-state index contributed by atoms with van der Waals surface area (Å²) in [5.41, 5.74) is 2.07. The normalized spacial score (nSPS) is 12.4. The molecular formula is C22H23N3O3S. The highest BCUT2D eigenvalue weighted by Gasteiger charge is 2.34. The van der Waals surface area contributed by atoms with E-state index in [0.717, 1.165) is 24.8 Å². The molecule has 0 radical (unpaired) electrons. The molecule has 2 aromatic carbocycles. The van der Waals surface area contributed by atoms with Crippen LogP contribution in [0.5, 0.6) is 5.88 Å². The van der Waals surface area contributed by atoms with Gasteiger partial charge in [0, 0.05) is 0 Å². The van der Waals surface area contributed by atoms with Crippen molar-refractivity contribution in [2.24, 2.45) is 0 Å². The summed E-state index contributed by atoms with van der Waals surface area (Å²) in [7, 11) is -3.99. The average molecular weight is 410 g/mol. The second-order valence-corrected chi connectivity index (χ2v) is 8.86. The monoisotopic (exact) mass is 409 g/mol. The average Bonchev–Trinajstić information content (AvgIpc) is 2.72. The Morgan fingerprint density at radius 1 is 1.03 bits per heavy atom. The van der Waals surface area contributed by atoms with Crippen LogP contribution in [0, 0.1) is 18.3 Å². The van der Waals surface area contributed by atoms with Crippen molar-refractivity contribution < 1.29 is 13.2 Å². The number of nitriles is 1. The lowest BCUT2D eigenvalue weighted by atomic mass is 10.2. The molecule has 6 nitrogen and oxygen atoms in total. The maximum absolute atomic E-state index is 13.2. The van der Waals surface area contributed by atoms with E-state index < -0.39 is 15.1 Å². The largest absolute Gasteiger partial charge is 0.476 e. The number of ether oxygens (including phenoxy) is 1. The van der Waals surface area contributed by atoms with E-state index in [2.05, 4.69) is 16.9 Å². The smallest absolute Gasteiger partial charge is 0.238 e. The Balaban J connectivity index is 2.08. The molecule has 0 spiro atoms. The van der Waals surface area contributed by atoms with Crippen molar-refractivity contribution in [1.82, 2.24) is 9.97 Å². The van der Waals surface area contributed by atoms with Gasteiger partial charge in [-0.2, -0.15) is 5.26 Å². The Morgan fingerprint density at radius 3 is 2.31 bits per heavy atom. The number of sulfone groups is 1. The van der Waals surface area contributed by atoms with Gasteiger partial charge in [0.2, 0.25) is 15.7 Å². The minimum atomic E-state index is -3.99. The van der Waals surface area contributed by atoms with Crippen LogP contribution in [-0.2, 0) is 9.84 Å². The third kappa shape index (κ3) is 4.54. The van der Waals surface area contributed by atoms with Gasteiger partial charge in [0.25, 0.3) is 0 Å². The number of hydrogen-bond donors (Lipinski definition) is 0. The Hall–Kier alpha value is -2.98. The van der Waals surface area contributed by atoms with Gasteiger partial charge in [-0.15, -0.1) is 0 Å². The summed E-state index contributed by atoms with van der Waals surface area (Å²) in [5.74, 6) is 0.0991. The molecule has 7 heteroatoms. The van der Waals surface area contributed by atoms with Crippen LogP contribution in [0.2, 0.25) is 0 Å². The Bertz CT molecular complexity index is 1140. The maximum atomic E-state index is 13.2. The van der Waals surface area contributed by atoms with Crippen molar-refractivity contribution in [2.75, 3.05) is 6.61 Å². The first kappa shape index (κ1) is 20.7. The molecule has 0 aliphatic heterocycles. The molecule has 29 heavy (non-hydrogen) atoms. The van der Waals surface area contributed by atoms with Crippen LogP contribution >= 0.6 is 0 Å². The fourth-order valence-electron chi connectivity index (χ4n) is 2.94. The van der Waals surface area contributed by atoms with E-state index >= 15 is 0 Å². The highest BCUT2D eigenvalue weighted by molar-refractivity contribution is 7.92. The number of hydrogen-bond acceptors (Lipinski definition) is 6. The highest BCUT2D eigenvalue weighted by Crippen LogP contribution is 2.33. The number of fused-ring (bicyclic) bond motifs is 1. The van der Waals surface area contributed by atoms with E-state index in [-0.39, 0.29) is 16.5 Å². The number of rotatable bonds is 8. The lowest BCUT2D eigenvalue weighted by Crippen LogP contribution is -2.16. The molecule has 1 heterocycles. The molecule has 3 aromatic rings. The molecule has 0 amide bonds. The molecule has 0 saturated carbocycles. The molecule has 0 aliphatic carbocycles. The molecule has 0 saturated heterocycles. The topological polar surface area (TPSA) is 92.9 Å². The molecule has 0 unspecified atom stereocenters. The van der Waals surface area contributed by atoms with Crippen LogP contribution in [0.15, 0.2) is 53.4 Å². The Morgan fingerprint density at radius 2 is 1.69 bits per heavy atom. The van der Waals surface area contributed by atoms with Crippen molar-refractivity contribution in [3.63, 3.8) is 0 Å². The summed E-state index contributed by atoms with van der Waals surface area (Å²) in [6, 6.07) is 15.5. The van der Waals surface area contributed by atoms with Gasteiger partial charge < -0.3 is 4.74 Å². The summed E-state index contributed by atoms with van der Waals surface area (Å²) in [6.45, 7) is 4.34. The fourth-order valence-corrected chi connectivity index (χ4v) is 4.31. The van der Waals surface area contributed by atoms with E-state index in [1.54, 1.807) is 30.3 Å². The molecule has 0 N–H and O–H groups in total. The number of aromatic nitrogens is 2. The summed E-state index contributed by atoms with van der Waals surface area (Å²) in [4.78, 5) is 9.00. The van der Waals surface area contributed by atoms with Crippen LogP contribution < -0.4 is 4.74 Å². The zero-order chi connectivity index (χ0) is 20.9. The fraction of sp³-hybridized carbons (Fsp3) is 0.318. The molecule has 1 aromatic heterocycles. The third-order valence-electron chi connectivity index (χ3n) is 4.58. The molecule has 0 bridgehead atoms. The van der Waals surface area contributed by atoms with E-state index in [9.17, 15) is 13.7 Å². The predicted octanol–water partition coefficient (Wildman–Crippen LogP) is 4.55. The first-order valence-corrected chi connectivity index (χ1v) is 11.1. The summed E-state index contributed by atoms with van der Waals surface area (Å²) >= 11 is 0. The van der Waals surface area contributed by atoms with Gasteiger partial charge in [-0.25, -0.2) is 18.4 Å². The quantitative estimate of drug-likeness (QED) is 0.507. The van der Waals surface area contributed by atoms with Gasteiger partial charge in [0.05, 0.1) is 28.6 Å². The Kier molecular flexibility index (Phi) is 6.45. The SMILES string of the molecule is CCCCCOc1nc2ccccc2nc1[C@H](C#N)S(=O)(=O)c1ccc(C)cc1. The predicted molar refractivity (Wildman–Crippen MR) is 111 cm³/mol. The lowest BCUT2D eigenvalue weighted by molar-refractivity contribution is 0.291.